The maximum absolute atomic E-state index is 12.5. The zero-order valence-electron chi connectivity index (χ0n) is 10.9. The molecule has 3 rings (SSSR count). The van der Waals surface area contributed by atoms with E-state index < -0.39 is 0 Å². The molecule has 21 heavy (non-hydrogen) atoms. The summed E-state index contributed by atoms with van der Waals surface area (Å²) in [6, 6.07) is 19.0. The van der Waals surface area contributed by atoms with Gasteiger partial charge in [0, 0.05) is 14.2 Å². The maximum atomic E-state index is 12.5. The highest BCUT2D eigenvalue weighted by Crippen LogP contribution is 2.24. The van der Waals surface area contributed by atoms with Crippen LogP contribution < -0.4 is 5.32 Å². The molecule has 0 fully saturated rings. The number of amides is 1. The lowest BCUT2D eigenvalue weighted by molar-refractivity contribution is 0.102. The lowest BCUT2D eigenvalue weighted by Crippen LogP contribution is -2.13. The minimum absolute atomic E-state index is 0.118. The summed E-state index contributed by atoms with van der Waals surface area (Å²) in [4.78, 5) is 12.5. The fourth-order valence-corrected chi connectivity index (χ4v) is 3.21. The van der Waals surface area contributed by atoms with Crippen LogP contribution in [0.3, 0.4) is 0 Å². The van der Waals surface area contributed by atoms with Gasteiger partial charge in [-0.05, 0) is 57.6 Å². The van der Waals surface area contributed by atoms with Gasteiger partial charge in [-0.15, -0.1) is 0 Å². The third kappa shape index (κ3) is 3.04. The number of hydrogen-bond donors (Lipinski definition) is 1. The highest BCUT2D eigenvalue weighted by molar-refractivity contribution is 14.1. The fraction of sp³-hybridized carbons (Fsp3) is 0. The van der Waals surface area contributed by atoms with Crippen LogP contribution in [0.15, 0.2) is 60.7 Å². The van der Waals surface area contributed by atoms with Crippen LogP contribution in [-0.2, 0) is 0 Å². The first-order valence-corrected chi connectivity index (χ1v) is 7.85. The number of rotatable bonds is 2. The van der Waals surface area contributed by atoms with Crippen molar-refractivity contribution < 1.29 is 4.79 Å². The number of hydrogen-bond acceptors (Lipinski definition) is 1. The minimum atomic E-state index is -0.118. The first-order valence-electron chi connectivity index (χ1n) is 6.39. The van der Waals surface area contributed by atoms with Gasteiger partial charge in [-0.3, -0.25) is 4.79 Å². The summed E-state index contributed by atoms with van der Waals surface area (Å²) < 4.78 is 0.911. The van der Waals surface area contributed by atoms with Crippen LogP contribution in [0.5, 0.6) is 0 Å². The van der Waals surface area contributed by atoms with Gasteiger partial charge in [0.05, 0.1) is 5.69 Å². The Morgan fingerprint density at radius 3 is 2.57 bits per heavy atom. The molecule has 0 aliphatic heterocycles. The molecule has 2 nitrogen and oxygen atoms in total. The SMILES string of the molecule is O=C(Nc1ccc(Cl)cc1I)c1cccc2ccccc12. The van der Waals surface area contributed by atoms with Crippen LogP contribution in [0.25, 0.3) is 10.8 Å². The van der Waals surface area contributed by atoms with Crippen molar-refractivity contribution in [2.24, 2.45) is 0 Å². The molecule has 0 radical (unpaired) electrons. The number of fused-ring (bicyclic) bond motifs is 1. The Kier molecular flexibility index (Phi) is 4.12. The van der Waals surface area contributed by atoms with Crippen molar-refractivity contribution in [2.75, 3.05) is 5.32 Å². The smallest absolute Gasteiger partial charge is 0.256 e. The van der Waals surface area contributed by atoms with E-state index in [0.717, 1.165) is 20.0 Å². The third-order valence-corrected chi connectivity index (χ3v) is 4.34. The summed E-state index contributed by atoms with van der Waals surface area (Å²) in [5.74, 6) is -0.118. The Hall–Kier alpha value is -1.59. The summed E-state index contributed by atoms with van der Waals surface area (Å²) in [7, 11) is 0. The van der Waals surface area contributed by atoms with Crippen molar-refractivity contribution in [2.45, 2.75) is 0 Å². The van der Waals surface area contributed by atoms with Crippen molar-refractivity contribution in [3.63, 3.8) is 0 Å². The van der Waals surface area contributed by atoms with E-state index in [0.29, 0.717) is 10.6 Å². The first kappa shape index (κ1) is 14.4. The molecule has 0 heterocycles. The van der Waals surface area contributed by atoms with Gasteiger partial charge in [0.15, 0.2) is 0 Å². The van der Waals surface area contributed by atoms with Gasteiger partial charge in [-0.1, -0.05) is 48.0 Å². The number of benzene rings is 3. The lowest BCUT2D eigenvalue weighted by atomic mass is 10.0. The molecule has 0 aliphatic rings. The number of carbonyl (C=O) groups excluding carboxylic acids is 1. The molecule has 1 N–H and O–H groups in total. The highest BCUT2D eigenvalue weighted by Gasteiger charge is 2.11. The van der Waals surface area contributed by atoms with Gasteiger partial charge in [-0.25, -0.2) is 0 Å². The second-order valence-corrected chi connectivity index (χ2v) is 6.20. The van der Waals surface area contributed by atoms with Gasteiger partial charge in [-0.2, -0.15) is 0 Å². The number of nitrogens with one attached hydrogen (secondary N) is 1. The molecule has 0 unspecified atom stereocenters. The van der Waals surface area contributed by atoms with Crippen molar-refractivity contribution in [1.29, 1.82) is 0 Å². The van der Waals surface area contributed by atoms with Crippen LogP contribution in [0.4, 0.5) is 5.69 Å². The Bertz CT molecular complexity index is 827. The largest absolute Gasteiger partial charge is 0.321 e. The average Bonchev–Trinajstić information content (AvgIpc) is 2.49. The molecular formula is C17H11ClINO. The summed E-state index contributed by atoms with van der Waals surface area (Å²) in [5, 5.41) is 5.59. The van der Waals surface area contributed by atoms with Gasteiger partial charge >= 0.3 is 0 Å². The minimum Gasteiger partial charge on any atom is -0.321 e. The first-order chi connectivity index (χ1) is 10.1. The van der Waals surface area contributed by atoms with Gasteiger partial charge < -0.3 is 5.32 Å². The van der Waals surface area contributed by atoms with Gasteiger partial charge in [0.1, 0.15) is 0 Å². The zero-order valence-corrected chi connectivity index (χ0v) is 13.9. The summed E-state index contributed by atoms with van der Waals surface area (Å²) >= 11 is 8.09. The Balaban J connectivity index is 1.97. The predicted octanol–water partition coefficient (Wildman–Crippen LogP) is 5.35. The van der Waals surface area contributed by atoms with E-state index in [-0.39, 0.29) is 5.91 Å². The molecule has 0 spiro atoms. The number of carbonyl (C=O) groups is 1. The Labute approximate surface area is 141 Å². The summed E-state index contributed by atoms with van der Waals surface area (Å²) in [6.07, 6.45) is 0. The maximum Gasteiger partial charge on any atom is 0.256 e. The molecule has 0 bridgehead atoms. The fourth-order valence-electron chi connectivity index (χ4n) is 2.20. The molecule has 0 atom stereocenters. The highest BCUT2D eigenvalue weighted by atomic mass is 127. The van der Waals surface area contributed by atoms with Crippen LogP contribution in [-0.4, -0.2) is 5.91 Å². The Morgan fingerprint density at radius 2 is 1.76 bits per heavy atom. The molecule has 0 aliphatic carbocycles. The van der Waals surface area contributed by atoms with Crippen molar-refractivity contribution in [3.8, 4) is 0 Å². The van der Waals surface area contributed by atoms with Crippen LogP contribution in [0.2, 0.25) is 5.02 Å². The molecular weight excluding hydrogens is 397 g/mol. The number of halogens is 2. The van der Waals surface area contributed by atoms with Crippen molar-refractivity contribution in [3.05, 3.63) is 74.8 Å². The standard InChI is InChI=1S/C17H11ClINO/c18-12-8-9-16(15(19)10-12)20-17(21)14-7-3-5-11-4-1-2-6-13(11)14/h1-10H,(H,20,21). The predicted molar refractivity (Wildman–Crippen MR) is 96.1 cm³/mol. The second kappa shape index (κ2) is 6.03. The van der Waals surface area contributed by atoms with Gasteiger partial charge in [0.25, 0.3) is 5.91 Å². The normalized spacial score (nSPS) is 10.6. The summed E-state index contributed by atoms with van der Waals surface area (Å²) in [5.41, 5.74) is 1.43. The molecule has 4 heteroatoms. The van der Waals surface area contributed by atoms with Crippen LogP contribution >= 0.6 is 34.2 Å². The molecule has 104 valence electrons. The van der Waals surface area contributed by atoms with Crippen LogP contribution in [0, 0.1) is 3.57 Å². The van der Waals surface area contributed by atoms with Crippen LogP contribution in [0.1, 0.15) is 10.4 Å². The molecule has 3 aromatic carbocycles. The summed E-state index contributed by atoms with van der Waals surface area (Å²) in [6.45, 7) is 0. The van der Waals surface area contributed by atoms with E-state index >= 15 is 0 Å². The zero-order chi connectivity index (χ0) is 14.8. The van der Waals surface area contributed by atoms with E-state index in [4.69, 9.17) is 11.6 Å². The lowest BCUT2D eigenvalue weighted by Gasteiger charge is -2.10. The van der Waals surface area contributed by atoms with E-state index in [2.05, 4.69) is 27.9 Å². The molecule has 0 saturated carbocycles. The second-order valence-electron chi connectivity index (χ2n) is 4.61. The molecule has 3 aromatic rings. The monoisotopic (exact) mass is 407 g/mol. The van der Waals surface area contributed by atoms with E-state index in [1.165, 1.54) is 0 Å². The molecule has 0 aromatic heterocycles. The quantitative estimate of drug-likeness (QED) is 0.570. The van der Waals surface area contributed by atoms with Crippen molar-refractivity contribution >= 4 is 56.6 Å². The van der Waals surface area contributed by atoms with E-state index in [1.54, 1.807) is 6.07 Å². The molecule has 1 amide bonds. The number of anilines is 1. The van der Waals surface area contributed by atoms with Gasteiger partial charge in [0.2, 0.25) is 0 Å². The molecule has 0 saturated heterocycles. The third-order valence-electron chi connectivity index (χ3n) is 3.21. The van der Waals surface area contributed by atoms with Crippen molar-refractivity contribution in [1.82, 2.24) is 0 Å². The average molecular weight is 408 g/mol. The topological polar surface area (TPSA) is 29.1 Å². The van der Waals surface area contributed by atoms with E-state index in [1.807, 2.05) is 54.6 Å². The Morgan fingerprint density at radius 1 is 1.00 bits per heavy atom. The van der Waals surface area contributed by atoms with E-state index in [9.17, 15) is 4.79 Å².